The molecule has 14 nitrogen and oxygen atoms in total. The van der Waals surface area contributed by atoms with E-state index in [0.29, 0.717) is 43.5 Å². The first kappa shape index (κ1) is 36.9. The van der Waals surface area contributed by atoms with E-state index in [0.717, 1.165) is 69.2 Å². The number of carboxylic acids is 1. The number of nitrogens with zero attached hydrogens (tertiary/aromatic N) is 6. The van der Waals surface area contributed by atoms with Crippen molar-refractivity contribution >= 4 is 35.8 Å². The molecule has 48 heavy (non-hydrogen) atoms. The number of aryl methyl sites for hydroxylation is 1. The zero-order valence-corrected chi connectivity index (χ0v) is 28.3. The number of nitrogens with two attached hydrogens (primary N) is 1. The Morgan fingerprint density at radius 1 is 1.00 bits per heavy atom. The average Bonchev–Trinajstić information content (AvgIpc) is 3.56. The Morgan fingerprint density at radius 3 is 2.50 bits per heavy atom. The minimum atomic E-state index is -1.09. The van der Waals surface area contributed by atoms with Crippen molar-refractivity contribution in [2.45, 2.75) is 102 Å². The Kier molecular flexibility index (Phi) is 15.3. The van der Waals surface area contributed by atoms with E-state index in [2.05, 4.69) is 49.7 Å². The van der Waals surface area contributed by atoms with Gasteiger partial charge in [-0.25, -0.2) is 4.98 Å². The number of carbonyl (C=O) groups excluding carboxylic acids is 1. The third kappa shape index (κ3) is 12.0. The molecule has 0 unspecified atom stereocenters. The van der Waals surface area contributed by atoms with Gasteiger partial charge >= 0.3 is 5.97 Å². The fraction of sp³-hybridized carbons (Fsp3) is 0.647. The lowest BCUT2D eigenvalue weighted by Gasteiger charge is -2.33. The molecule has 1 atom stereocenters. The number of likely N-dealkylation sites (tertiary alicyclic amines) is 1. The van der Waals surface area contributed by atoms with Crippen LogP contribution in [0.25, 0.3) is 12.2 Å². The van der Waals surface area contributed by atoms with Crippen LogP contribution in [-0.4, -0.2) is 104 Å². The van der Waals surface area contributed by atoms with Gasteiger partial charge in [-0.05, 0) is 70.7 Å². The van der Waals surface area contributed by atoms with Gasteiger partial charge in [-0.2, -0.15) is 4.98 Å². The van der Waals surface area contributed by atoms with Gasteiger partial charge in [0.2, 0.25) is 11.9 Å². The average molecular weight is 666 g/mol. The second-order valence-electron chi connectivity index (χ2n) is 12.8. The van der Waals surface area contributed by atoms with E-state index >= 15 is 0 Å². The molecule has 2 aromatic rings. The molecule has 14 heteroatoms. The minimum Gasteiger partial charge on any atom is -0.480 e. The van der Waals surface area contributed by atoms with Crippen molar-refractivity contribution in [3.8, 4) is 0 Å². The summed E-state index contributed by atoms with van der Waals surface area (Å²) < 4.78 is 1.90. The maximum Gasteiger partial charge on any atom is 0.320 e. The number of carboxylic acid groups (broad SMARTS) is 1. The van der Waals surface area contributed by atoms with E-state index in [4.69, 9.17) is 15.8 Å². The number of anilines is 2. The normalized spacial score (nSPS) is 16.4. The fourth-order valence-electron chi connectivity index (χ4n) is 6.24. The van der Waals surface area contributed by atoms with Crippen LogP contribution in [0.1, 0.15) is 87.6 Å². The third-order valence-corrected chi connectivity index (χ3v) is 9.11. The van der Waals surface area contributed by atoms with Crippen molar-refractivity contribution in [2.75, 3.05) is 49.9 Å². The van der Waals surface area contributed by atoms with E-state index in [1.165, 1.54) is 32.1 Å². The van der Waals surface area contributed by atoms with E-state index < -0.39 is 12.0 Å². The number of hydrogen-bond acceptors (Lipinski definition) is 11. The maximum atomic E-state index is 12.6. The van der Waals surface area contributed by atoms with Crippen LogP contribution in [0.5, 0.6) is 0 Å². The highest BCUT2D eigenvalue weighted by Gasteiger charge is 2.25. The van der Waals surface area contributed by atoms with Crippen LogP contribution in [0.3, 0.4) is 0 Å². The summed E-state index contributed by atoms with van der Waals surface area (Å²) >= 11 is 0. The summed E-state index contributed by atoms with van der Waals surface area (Å²) in [5.41, 5.74) is 7.90. The molecule has 2 aliphatic rings. The summed E-state index contributed by atoms with van der Waals surface area (Å²) in [6.07, 6.45) is 16.7. The molecule has 4 rings (SSSR count). The third-order valence-electron chi connectivity index (χ3n) is 9.11. The van der Waals surface area contributed by atoms with Crippen molar-refractivity contribution in [3.05, 3.63) is 36.3 Å². The zero-order chi connectivity index (χ0) is 34.1. The summed E-state index contributed by atoms with van der Waals surface area (Å²) in [4.78, 5) is 34.7. The number of aliphatic carboxylic acids is 1. The van der Waals surface area contributed by atoms with Gasteiger partial charge in [0.05, 0.1) is 11.4 Å². The molecule has 0 bridgehead atoms. The van der Waals surface area contributed by atoms with Gasteiger partial charge in [-0.1, -0.05) is 43.7 Å². The number of nitrogens with one attached hydrogen (secondary N) is 4. The highest BCUT2D eigenvalue weighted by Crippen LogP contribution is 2.25. The first-order chi connectivity index (χ1) is 23.4. The van der Waals surface area contributed by atoms with Crippen LogP contribution >= 0.6 is 0 Å². The van der Waals surface area contributed by atoms with Crippen molar-refractivity contribution in [3.63, 3.8) is 0 Å². The summed E-state index contributed by atoms with van der Waals surface area (Å²) in [5.74, 6) is -0.0196. The van der Waals surface area contributed by atoms with Crippen molar-refractivity contribution in [2.24, 2.45) is 5.73 Å². The van der Waals surface area contributed by atoms with Gasteiger partial charge in [-0.15, -0.1) is 5.10 Å². The van der Waals surface area contributed by atoms with Crippen molar-refractivity contribution < 1.29 is 14.7 Å². The second kappa shape index (κ2) is 19.8. The smallest absolute Gasteiger partial charge is 0.320 e. The number of carbonyl (C=O) groups is 2. The standard InChI is InChI=1S/C34H55N11O3/c1-3-28-30(4-2)40-34(41-32(28)39-26-15-22-44(23-16-26)31(46)13-12-29(35)33(47)48)38-20-14-27-24-45(43-42-27)21-9-18-36-17-8-19-37-25-10-6-5-7-11-25/h3-4,24-26,29,36-37H,1-2,5-23,35H2,(H,47,48)(H2,38,39,40,41)/t29-/m0/s1. The number of amides is 1. The summed E-state index contributed by atoms with van der Waals surface area (Å²) in [6.45, 7) is 13.5. The summed E-state index contributed by atoms with van der Waals surface area (Å²) in [7, 11) is 0. The van der Waals surface area contributed by atoms with Crippen LogP contribution in [0.4, 0.5) is 11.8 Å². The number of aromatic nitrogens is 5. The first-order valence-electron chi connectivity index (χ1n) is 17.6. The quantitative estimate of drug-likeness (QED) is 0.107. The van der Waals surface area contributed by atoms with E-state index in [1.807, 2.05) is 10.9 Å². The molecule has 0 radical (unpaired) electrons. The van der Waals surface area contributed by atoms with Crippen LogP contribution in [0.2, 0.25) is 0 Å². The van der Waals surface area contributed by atoms with Gasteiger partial charge in [0.15, 0.2) is 0 Å². The van der Waals surface area contributed by atoms with Crippen LogP contribution < -0.4 is 27.0 Å². The van der Waals surface area contributed by atoms with Gasteiger partial charge in [0.1, 0.15) is 11.9 Å². The largest absolute Gasteiger partial charge is 0.480 e. The monoisotopic (exact) mass is 665 g/mol. The maximum absolute atomic E-state index is 12.6. The lowest BCUT2D eigenvalue weighted by Crippen LogP contribution is -2.43. The highest BCUT2D eigenvalue weighted by atomic mass is 16.4. The molecule has 2 aromatic heterocycles. The van der Waals surface area contributed by atoms with E-state index in [9.17, 15) is 9.59 Å². The lowest BCUT2D eigenvalue weighted by molar-refractivity contribution is -0.139. The van der Waals surface area contributed by atoms with E-state index in [-0.39, 0.29) is 24.8 Å². The molecule has 0 aromatic carbocycles. The molecule has 7 N–H and O–H groups in total. The Labute approximate surface area is 284 Å². The Balaban J connectivity index is 1.16. The molecule has 1 amide bonds. The van der Waals surface area contributed by atoms with Gasteiger partial charge in [0.25, 0.3) is 0 Å². The minimum absolute atomic E-state index is 0.0696. The molecular weight excluding hydrogens is 610 g/mol. The summed E-state index contributed by atoms with van der Waals surface area (Å²) in [5, 5.41) is 31.7. The van der Waals surface area contributed by atoms with Crippen LogP contribution in [0, 0.1) is 0 Å². The molecule has 1 saturated heterocycles. The Morgan fingerprint density at radius 2 is 1.77 bits per heavy atom. The predicted molar refractivity (Wildman–Crippen MR) is 189 cm³/mol. The molecule has 1 aliphatic heterocycles. The molecule has 3 heterocycles. The van der Waals surface area contributed by atoms with Gasteiger partial charge < -0.3 is 37.0 Å². The van der Waals surface area contributed by atoms with Crippen LogP contribution in [0.15, 0.2) is 19.4 Å². The summed E-state index contributed by atoms with van der Waals surface area (Å²) in [6, 6.07) is -0.195. The number of rotatable bonds is 21. The predicted octanol–water partition coefficient (Wildman–Crippen LogP) is 2.90. The van der Waals surface area contributed by atoms with Gasteiger partial charge in [-0.3, -0.25) is 14.3 Å². The Hall–Kier alpha value is -3.88. The number of piperidine rings is 1. The van der Waals surface area contributed by atoms with Crippen molar-refractivity contribution in [1.29, 1.82) is 0 Å². The van der Waals surface area contributed by atoms with Crippen molar-refractivity contribution in [1.82, 2.24) is 40.5 Å². The fourth-order valence-corrected chi connectivity index (χ4v) is 6.24. The van der Waals surface area contributed by atoms with Gasteiger partial charge in [0, 0.05) is 62.9 Å². The van der Waals surface area contributed by atoms with Crippen LogP contribution in [-0.2, 0) is 22.6 Å². The highest BCUT2D eigenvalue weighted by molar-refractivity contribution is 5.78. The lowest BCUT2D eigenvalue weighted by atomic mass is 9.95. The molecule has 1 saturated carbocycles. The molecular formula is C34H55N11O3. The molecule has 1 aliphatic carbocycles. The molecule has 0 spiro atoms. The second-order valence-corrected chi connectivity index (χ2v) is 12.8. The zero-order valence-electron chi connectivity index (χ0n) is 28.3. The SMILES string of the molecule is C=Cc1nc(NCCc2cn(CCCNCCCNC3CCCCC3)nn2)nc(NC2CCN(C(=O)CC[C@H](N)C(=O)O)CC2)c1C=C. The first-order valence-corrected chi connectivity index (χ1v) is 17.6. The number of hydrogen-bond donors (Lipinski definition) is 6. The molecule has 264 valence electrons. The molecule has 2 fully saturated rings. The topological polar surface area (TPSA) is 188 Å². The Bertz CT molecular complexity index is 1320. The van der Waals surface area contributed by atoms with E-state index in [1.54, 1.807) is 17.1 Å².